The maximum atomic E-state index is 11.8. The first-order valence-electron chi connectivity index (χ1n) is 17.7. The van der Waals surface area contributed by atoms with E-state index in [1.807, 2.05) is 6.08 Å². The van der Waals surface area contributed by atoms with Gasteiger partial charge in [-0.15, -0.1) is 0 Å². The molecule has 0 spiro atoms. The number of allylic oxidation sites excluding steroid dienone is 4. The Kier molecular flexibility index (Phi) is 14.8. The molecule has 1 fully saturated rings. The monoisotopic (exact) mass is 683 g/mol. The first-order chi connectivity index (χ1) is 21.7. The molecule has 0 saturated heterocycles. The third-order valence-corrected chi connectivity index (χ3v) is 21.0. The normalized spacial score (nSPS) is 19.3. The van der Waals surface area contributed by atoms with Gasteiger partial charge in [0.25, 0.3) is 5.89 Å². The van der Waals surface area contributed by atoms with Gasteiger partial charge < -0.3 is 18.0 Å². The van der Waals surface area contributed by atoms with E-state index in [1.165, 1.54) is 6.26 Å². The highest BCUT2D eigenvalue weighted by Gasteiger charge is 2.51. The molecule has 0 radical (unpaired) electrons. The molecular formula is C39H65NO5Si2. The minimum Gasteiger partial charge on any atom is -0.461 e. The summed E-state index contributed by atoms with van der Waals surface area (Å²) in [5.41, 5.74) is 1.42. The van der Waals surface area contributed by atoms with Crippen molar-refractivity contribution in [3.05, 3.63) is 54.3 Å². The van der Waals surface area contributed by atoms with Crippen molar-refractivity contribution in [2.75, 3.05) is 6.61 Å². The van der Waals surface area contributed by atoms with Crippen LogP contribution in [0.4, 0.5) is 0 Å². The second kappa shape index (κ2) is 17.0. The van der Waals surface area contributed by atoms with E-state index in [2.05, 4.69) is 143 Å². The standard InChI is InChI=1S/C39H65NO5Si2/c1-16-21-34(45-47(28(3)4,29(5)6)30(7)8)39(12,13)35(44-46(14,15)38(9,10)11)24-20-23-32-26-31(32)22-18-19-25-36-40-33(27-43-36)37(41)42-17-2/h16,18,20-23,27-32,34-35H,17,24,26H2,1-15H3/b21-16+,22-18+,23-20-/t31-,32+,34-,35-/m0/s1. The zero-order chi connectivity index (χ0) is 35.8. The van der Waals surface area contributed by atoms with Crippen LogP contribution in [0, 0.1) is 29.1 Å². The number of aromatic nitrogens is 1. The number of carbonyl (C=O) groups is 1. The molecule has 1 heterocycles. The first-order valence-corrected chi connectivity index (χ1v) is 22.7. The Labute approximate surface area is 289 Å². The van der Waals surface area contributed by atoms with E-state index in [1.54, 1.807) is 6.92 Å². The number of oxazole rings is 1. The zero-order valence-corrected chi connectivity index (χ0v) is 34.2. The van der Waals surface area contributed by atoms with Crippen LogP contribution in [-0.2, 0) is 13.6 Å². The molecule has 264 valence electrons. The predicted octanol–water partition coefficient (Wildman–Crippen LogP) is 10.9. The fourth-order valence-corrected chi connectivity index (χ4v) is 13.5. The van der Waals surface area contributed by atoms with Gasteiger partial charge in [-0.25, -0.2) is 4.79 Å². The van der Waals surface area contributed by atoms with Crippen LogP contribution in [0.3, 0.4) is 0 Å². The predicted molar refractivity (Wildman–Crippen MR) is 200 cm³/mol. The number of ether oxygens (including phenoxy) is 1. The maximum Gasteiger partial charge on any atom is 0.360 e. The molecule has 0 unspecified atom stereocenters. The molecule has 1 aromatic rings. The summed E-state index contributed by atoms with van der Waals surface area (Å²) in [4.78, 5) is 15.9. The summed E-state index contributed by atoms with van der Waals surface area (Å²) in [6, 6.07) is 0. The Balaban J connectivity index is 2.25. The lowest BCUT2D eigenvalue weighted by Crippen LogP contribution is -2.56. The van der Waals surface area contributed by atoms with E-state index < -0.39 is 22.6 Å². The molecule has 1 aliphatic carbocycles. The molecule has 0 aromatic carbocycles. The van der Waals surface area contributed by atoms with Gasteiger partial charge in [-0.2, -0.15) is 4.98 Å². The highest BCUT2D eigenvalue weighted by molar-refractivity contribution is 6.77. The minimum absolute atomic E-state index is 0.0120. The van der Waals surface area contributed by atoms with Crippen molar-refractivity contribution in [2.45, 2.75) is 150 Å². The van der Waals surface area contributed by atoms with Gasteiger partial charge in [-0.1, -0.05) is 112 Å². The summed E-state index contributed by atoms with van der Waals surface area (Å²) in [5.74, 6) is 6.49. The molecule has 8 heteroatoms. The third kappa shape index (κ3) is 10.6. The molecule has 1 saturated carbocycles. The van der Waals surface area contributed by atoms with E-state index >= 15 is 0 Å². The van der Waals surface area contributed by atoms with E-state index in [0.717, 1.165) is 12.8 Å². The average molecular weight is 684 g/mol. The lowest BCUT2D eigenvalue weighted by Gasteiger charge is -2.51. The first kappa shape index (κ1) is 41.0. The zero-order valence-electron chi connectivity index (χ0n) is 32.2. The van der Waals surface area contributed by atoms with Gasteiger partial charge in [0.05, 0.1) is 18.8 Å². The fraction of sp³-hybridized carbons (Fsp3) is 0.692. The fourth-order valence-electron chi connectivity index (χ4n) is 6.42. The second-order valence-electron chi connectivity index (χ2n) is 16.2. The second-order valence-corrected chi connectivity index (χ2v) is 26.3. The number of esters is 1. The van der Waals surface area contributed by atoms with Crippen molar-refractivity contribution in [1.82, 2.24) is 4.98 Å². The summed E-state index contributed by atoms with van der Waals surface area (Å²) in [6.07, 6.45) is 16.4. The van der Waals surface area contributed by atoms with Crippen molar-refractivity contribution in [1.29, 1.82) is 0 Å². The highest BCUT2D eigenvalue weighted by atomic mass is 28.4. The molecule has 4 atom stereocenters. The average Bonchev–Trinajstić information content (AvgIpc) is 3.52. The minimum atomic E-state index is -2.13. The van der Waals surface area contributed by atoms with Crippen LogP contribution in [0.15, 0.2) is 47.1 Å². The Morgan fingerprint density at radius 3 is 2.15 bits per heavy atom. The maximum absolute atomic E-state index is 11.8. The van der Waals surface area contributed by atoms with Crippen molar-refractivity contribution in [3.8, 4) is 11.8 Å². The Bertz CT molecular complexity index is 1280. The van der Waals surface area contributed by atoms with Crippen molar-refractivity contribution in [3.63, 3.8) is 0 Å². The van der Waals surface area contributed by atoms with Crippen LogP contribution in [0.1, 0.15) is 119 Å². The molecule has 0 aliphatic heterocycles. The molecule has 0 N–H and O–H groups in total. The van der Waals surface area contributed by atoms with Gasteiger partial charge in [0, 0.05) is 5.41 Å². The van der Waals surface area contributed by atoms with Crippen molar-refractivity contribution in [2.24, 2.45) is 17.3 Å². The van der Waals surface area contributed by atoms with Crippen molar-refractivity contribution < 1.29 is 22.8 Å². The SMILES string of the molecule is C/C=C/[C@H](O[Si](C(C)C)(C(C)C)C(C)C)C(C)(C)[C@H](C/C=C\[C@@H]1C[C@@H]1/C=C/C#Cc1nc(C(=O)OCC)co1)O[Si](C)(C)C(C)(C)C. The molecule has 1 aromatic heterocycles. The highest BCUT2D eigenvalue weighted by Crippen LogP contribution is 2.48. The van der Waals surface area contributed by atoms with Gasteiger partial charge in [-0.05, 0) is 85.3 Å². The van der Waals surface area contributed by atoms with Crippen LogP contribution in [-0.4, -0.2) is 46.4 Å². The summed E-state index contributed by atoms with van der Waals surface area (Å²) in [6.45, 7) is 34.7. The van der Waals surface area contributed by atoms with Crippen LogP contribution in [0.5, 0.6) is 0 Å². The Hall–Kier alpha value is -2.19. The topological polar surface area (TPSA) is 70.8 Å². The van der Waals surface area contributed by atoms with E-state index in [-0.39, 0.29) is 40.9 Å². The Morgan fingerprint density at radius 2 is 1.62 bits per heavy atom. The van der Waals surface area contributed by atoms with Crippen molar-refractivity contribution >= 4 is 22.6 Å². The Morgan fingerprint density at radius 1 is 1.02 bits per heavy atom. The number of carbonyl (C=O) groups excluding carboxylic acids is 1. The molecule has 1 aliphatic rings. The van der Waals surface area contributed by atoms with Gasteiger partial charge in [-0.3, -0.25) is 0 Å². The quantitative estimate of drug-likeness (QED) is 0.0747. The summed E-state index contributed by atoms with van der Waals surface area (Å²) in [5, 5.41) is 0.104. The number of hydrogen-bond donors (Lipinski definition) is 0. The lowest BCUT2D eigenvalue weighted by atomic mass is 9.79. The van der Waals surface area contributed by atoms with Gasteiger partial charge in [0.2, 0.25) is 8.32 Å². The van der Waals surface area contributed by atoms with E-state index in [4.69, 9.17) is 18.0 Å². The molecule has 47 heavy (non-hydrogen) atoms. The van der Waals surface area contributed by atoms with E-state index in [9.17, 15) is 4.79 Å². The largest absolute Gasteiger partial charge is 0.461 e. The van der Waals surface area contributed by atoms with E-state index in [0.29, 0.717) is 28.5 Å². The molecular weight excluding hydrogens is 619 g/mol. The van der Waals surface area contributed by atoms with Crippen LogP contribution in [0.2, 0.25) is 34.8 Å². The third-order valence-electron chi connectivity index (χ3n) is 10.4. The van der Waals surface area contributed by atoms with Crippen LogP contribution in [0.25, 0.3) is 0 Å². The van der Waals surface area contributed by atoms with Crippen LogP contribution >= 0.6 is 0 Å². The molecule has 0 bridgehead atoms. The summed E-state index contributed by atoms with van der Waals surface area (Å²) in [7, 11) is -4.21. The van der Waals surface area contributed by atoms with Gasteiger partial charge >= 0.3 is 5.97 Å². The number of hydrogen-bond acceptors (Lipinski definition) is 6. The lowest BCUT2D eigenvalue weighted by molar-refractivity contribution is -0.0124. The number of rotatable bonds is 16. The summed E-state index contributed by atoms with van der Waals surface area (Å²) < 4.78 is 25.0. The molecule has 6 nitrogen and oxygen atoms in total. The molecule has 2 rings (SSSR count). The molecule has 0 amide bonds. The number of nitrogens with zero attached hydrogens (tertiary/aromatic N) is 1. The van der Waals surface area contributed by atoms with Gasteiger partial charge in [0.1, 0.15) is 6.26 Å². The van der Waals surface area contributed by atoms with Gasteiger partial charge in [0.15, 0.2) is 14.0 Å². The summed E-state index contributed by atoms with van der Waals surface area (Å²) >= 11 is 0. The van der Waals surface area contributed by atoms with Crippen LogP contribution < -0.4 is 0 Å². The smallest absolute Gasteiger partial charge is 0.360 e.